The highest BCUT2D eigenvalue weighted by atomic mass is 15.2. The third-order valence-corrected chi connectivity index (χ3v) is 4.61. The van der Waals surface area contributed by atoms with E-state index in [0.717, 1.165) is 30.5 Å². The first-order valence-corrected chi connectivity index (χ1v) is 7.19. The van der Waals surface area contributed by atoms with Gasteiger partial charge in [0, 0.05) is 18.6 Å². The summed E-state index contributed by atoms with van der Waals surface area (Å²) in [4.78, 5) is 2.77. The molecular formula is C14H28N2. The van der Waals surface area contributed by atoms with Crippen LogP contribution in [0.3, 0.4) is 0 Å². The second-order valence-electron chi connectivity index (χ2n) is 5.95. The third-order valence-electron chi connectivity index (χ3n) is 4.61. The Kier molecular flexibility index (Phi) is 4.26. The standard InChI is InChI=1S/C14H28N2/c1-4-15-13-6-5-7-14(13)16-9-8-12(10-16)11(2)3/h11-15H,4-10H2,1-3H3. The SMILES string of the molecule is CCNC1CCCC1N1CCC(C(C)C)C1. The van der Waals surface area contributed by atoms with Crippen molar-refractivity contribution in [1.29, 1.82) is 0 Å². The highest BCUT2D eigenvalue weighted by molar-refractivity contribution is 4.93. The molecule has 0 spiro atoms. The second kappa shape index (κ2) is 5.50. The first kappa shape index (κ1) is 12.4. The van der Waals surface area contributed by atoms with E-state index in [4.69, 9.17) is 0 Å². The van der Waals surface area contributed by atoms with Gasteiger partial charge in [0.05, 0.1) is 0 Å². The van der Waals surface area contributed by atoms with Crippen molar-refractivity contribution < 1.29 is 0 Å². The predicted octanol–water partition coefficient (Wildman–Crippen LogP) is 2.49. The van der Waals surface area contributed by atoms with E-state index in [0.29, 0.717) is 0 Å². The molecule has 1 aliphatic carbocycles. The number of nitrogens with zero attached hydrogens (tertiary/aromatic N) is 1. The zero-order valence-electron chi connectivity index (χ0n) is 11.2. The average molecular weight is 224 g/mol. The Labute approximate surface area is 101 Å². The van der Waals surface area contributed by atoms with E-state index in [2.05, 4.69) is 31.0 Å². The van der Waals surface area contributed by atoms with Crippen molar-refractivity contribution in [1.82, 2.24) is 10.2 Å². The molecule has 2 aliphatic rings. The van der Waals surface area contributed by atoms with Crippen LogP contribution in [0.5, 0.6) is 0 Å². The topological polar surface area (TPSA) is 15.3 Å². The van der Waals surface area contributed by atoms with E-state index in [-0.39, 0.29) is 0 Å². The summed E-state index contributed by atoms with van der Waals surface area (Å²) in [5.41, 5.74) is 0. The summed E-state index contributed by atoms with van der Waals surface area (Å²) < 4.78 is 0. The zero-order valence-corrected chi connectivity index (χ0v) is 11.2. The zero-order chi connectivity index (χ0) is 11.5. The molecular weight excluding hydrogens is 196 g/mol. The quantitative estimate of drug-likeness (QED) is 0.789. The fourth-order valence-electron chi connectivity index (χ4n) is 3.54. The van der Waals surface area contributed by atoms with Crippen molar-refractivity contribution in [3.8, 4) is 0 Å². The van der Waals surface area contributed by atoms with Crippen molar-refractivity contribution in [2.45, 2.75) is 58.5 Å². The van der Waals surface area contributed by atoms with Gasteiger partial charge in [0.25, 0.3) is 0 Å². The van der Waals surface area contributed by atoms with Gasteiger partial charge in [-0.15, -0.1) is 0 Å². The lowest BCUT2D eigenvalue weighted by atomic mass is 9.95. The Morgan fingerprint density at radius 2 is 2.06 bits per heavy atom. The summed E-state index contributed by atoms with van der Waals surface area (Å²) in [5.74, 6) is 1.81. The molecule has 1 saturated carbocycles. The monoisotopic (exact) mass is 224 g/mol. The molecule has 94 valence electrons. The van der Waals surface area contributed by atoms with Crippen LogP contribution in [-0.4, -0.2) is 36.6 Å². The van der Waals surface area contributed by atoms with E-state index < -0.39 is 0 Å². The van der Waals surface area contributed by atoms with Crippen molar-refractivity contribution >= 4 is 0 Å². The van der Waals surface area contributed by atoms with Crippen LogP contribution in [-0.2, 0) is 0 Å². The lowest BCUT2D eigenvalue weighted by molar-refractivity contribution is 0.199. The Bertz CT molecular complexity index is 215. The van der Waals surface area contributed by atoms with Gasteiger partial charge in [0.15, 0.2) is 0 Å². The average Bonchev–Trinajstić information content (AvgIpc) is 2.84. The summed E-state index contributed by atoms with van der Waals surface area (Å²) in [6.45, 7) is 10.8. The summed E-state index contributed by atoms with van der Waals surface area (Å²) in [5, 5.41) is 3.67. The molecule has 2 nitrogen and oxygen atoms in total. The van der Waals surface area contributed by atoms with Crippen molar-refractivity contribution in [2.75, 3.05) is 19.6 Å². The van der Waals surface area contributed by atoms with Gasteiger partial charge < -0.3 is 5.32 Å². The summed E-state index contributed by atoms with van der Waals surface area (Å²) in [6, 6.07) is 1.61. The molecule has 1 saturated heterocycles. The fourth-order valence-corrected chi connectivity index (χ4v) is 3.54. The van der Waals surface area contributed by atoms with Crippen LogP contribution >= 0.6 is 0 Å². The van der Waals surface area contributed by atoms with Gasteiger partial charge in [-0.3, -0.25) is 4.90 Å². The first-order chi connectivity index (χ1) is 7.72. The lowest BCUT2D eigenvalue weighted by Gasteiger charge is -2.30. The van der Waals surface area contributed by atoms with Crippen LogP contribution in [0.25, 0.3) is 0 Å². The number of hydrogen-bond acceptors (Lipinski definition) is 2. The summed E-state index contributed by atoms with van der Waals surface area (Å²) >= 11 is 0. The Balaban J connectivity index is 1.88. The van der Waals surface area contributed by atoms with Gasteiger partial charge in [-0.2, -0.15) is 0 Å². The number of nitrogens with one attached hydrogen (secondary N) is 1. The van der Waals surface area contributed by atoms with Gasteiger partial charge >= 0.3 is 0 Å². The van der Waals surface area contributed by atoms with Crippen molar-refractivity contribution in [3.05, 3.63) is 0 Å². The van der Waals surface area contributed by atoms with Gasteiger partial charge in [-0.05, 0) is 44.2 Å². The number of hydrogen-bond donors (Lipinski definition) is 1. The van der Waals surface area contributed by atoms with Crippen LogP contribution in [0.2, 0.25) is 0 Å². The minimum Gasteiger partial charge on any atom is -0.313 e. The van der Waals surface area contributed by atoms with Crippen LogP contribution in [0.4, 0.5) is 0 Å². The smallest absolute Gasteiger partial charge is 0.0249 e. The fraction of sp³-hybridized carbons (Fsp3) is 1.00. The van der Waals surface area contributed by atoms with Crippen molar-refractivity contribution in [3.63, 3.8) is 0 Å². The lowest BCUT2D eigenvalue weighted by Crippen LogP contribution is -2.46. The maximum absolute atomic E-state index is 3.67. The molecule has 0 aromatic carbocycles. The third kappa shape index (κ3) is 2.60. The van der Waals surface area contributed by atoms with E-state index in [1.165, 1.54) is 38.8 Å². The highest BCUT2D eigenvalue weighted by Gasteiger charge is 2.36. The molecule has 0 radical (unpaired) electrons. The van der Waals surface area contributed by atoms with E-state index in [1.807, 2.05) is 0 Å². The molecule has 1 aliphatic heterocycles. The molecule has 0 amide bonds. The molecule has 0 aromatic heterocycles. The Hall–Kier alpha value is -0.0800. The first-order valence-electron chi connectivity index (χ1n) is 7.19. The molecule has 0 bridgehead atoms. The minimum absolute atomic E-state index is 0.774. The van der Waals surface area contributed by atoms with E-state index in [9.17, 15) is 0 Å². The highest BCUT2D eigenvalue weighted by Crippen LogP contribution is 2.31. The molecule has 3 atom stereocenters. The molecule has 2 heteroatoms. The number of likely N-dealkylation sites (N-methyl/N-ethyl adjacent to an activating group) is 1. The van der Waals surface area contributed by atoms with Gasteiger partial charge in [-0.25, -0.2) is 0 Å². The van der Waals surface area contributed by atoms with Gasteiger partial charge in [-0.1, -0.05) is 27.2 Å². The van der Waals surface area contributed by atoms with Gasteiger partial charge in [0.1, 0.15) is 0 Å². The number of rotatable bonds is 4. The summed E-state index contributed by atoms with van der Waals surface area (Å²) in [7, 11) is 0. The van der Waals surface area contributed by atoms with Crippen LogP contribution in [0, 0.1) is 11.8 Å². The Morgan fingerprint density at radius 3 is 2.69 bits per heavy atom. The maximum Gasteiger partial charge on any atom is 0.0249 e. The number of likely N-dealkylation sites (tertiary alicyclic amines) is 1. The predicted molar refractivity (Wildman–Crippen MR) is 69.6 cm³/mol. The Morgan fingerprint density at radius 1 is 1.25 bits per heavy atom. The maximum atomic E-state index is 3.67. The largest absolute Gasteiger partial charge is 0.313 e. The van der Waals surface area contributed by atoms with Crippen LogP contribution in [0.15, 0.2) is 0 Å². The van der Waals surface area contributed by atoms with Crippen LogP contribution in [0.1, 0.15) is 46.5 Å². The molecule has 1 heterocycles. The van der Waals surface area contributed by atoms with E-state index in [1.54, 1.807) is 0 Å². The normalized spacial score (nSPS) is 36.4. The molecule has 3 unspecified atom stereocenters. The molecule has 0 aromatic rings. The molecule has 1 N–H and O–H groups in total. The van der Waals surface area contributed by atoms with Crippen molar-refractivity contribution in [2.24, 2.45) is 11.8 Å². The molecule has 2 fully saturated rings. The second-order valence-corrected chi connectivity index (χ2v) is 5.95. The summed E-state index contributed by atoms with van der Waals surface area (Å²) in [6.07, 6.45) is 5.65. The van der Waals surface area contributed by atoms with Crippen LogP contribution < -0.4 is 5.32 Å². The minimum atomic E-state index is 0.774. The molecule has 16 heavy (non-hydrogen) atoms. The van der Waals surface area contributed by atoms with E-state index >= 15 is 0 Å². The van der Waals surface area contributed by atoms with Gasteiger partial charge in [0.2, 0.25) is 0 Å². The molecule has 2 rings (SSSR count).